The molecule has 1 aromatic carbocycles. The molecule has 1 fully saturated rings. The maximum atomic E-state index is 12.7. The van der Waals surface area contributed by atoms with Gasteiger partial charge in [0.2, 0.25) is 0 Å². The Hall–Kier alpha value is -1.15. The van der Waals surface area contributed by atoms with E-state index in [4.69, 9.17) is 0 Å². The van der Waals surface area contributed by atoms with E-state index in [1.165, 1.54) is 45.2 Å². The summed E-state index contributed by atoms with van der Waals surface area (Å²) in [4.78, 5) is 15.3. The van der Waals surface area contributed by atoms with Crippen molar-refractivity contribution in [3.63, 3.8) is 0 Å². The largest absolute Gasteiger partial charge is 0.303 e. The molecule has 2 heteroatoms. The molecule has 1 aliphatic heterocycles. The standard InChI is InChI=1S/C22H35NO/c1-5-6-10-19-12-14-23(15-13-19)17-22(3,4)16-21(24)20-11-8-7-9-18(20)2/h7-9,11,19H,5-6,10,12-17H2,1-4H3. The number of aryl methyl sites for hydroxylation is 1. The van der Waals surface area contributed by atoms with Gasteiger partial charge in [0.05, 0.1) is 0 Å². The van der Waals surface area contributed by atoms with Gasteiger partial charge < -0.3 is 4.90 Å². The molecular formula is C22H35NO. The summed E-state index contributed by atoms with van der Waals surface area (Å²) in [5, 5.41) is 0. The first-order valence-corrected chi connectivity index (χ1v) is 9.72. The normalized spacial score (nSPS) is 17.2. The number of piperidine rings is 1. The topological polar surface area (TPSA) is 20.3 Å². The number of carbonyl (C=O) groups excluding carboxylic acids is 1. The Kier molecular flexibility index (Phi) is 7.03. The Bertz CT molecular complexity index is 527. The molecule has 1 aliphatic rings. The van der Waals surface area contributed by atoms with Gasteiger partial charge in [0.1, 0.15) is 0 Å². The van der Waals surface area contributed by atoms with Gasteiger partial charge in [-0.2, -0.15) is 0 Å². The van der Waals surface area contributed by atoms with Crippen molar-refractivity contribution in [3.8, 4) is 0 Å². The van der Waals surface area contributed by atoms with Crippen molar-refractivity contribution in [1.29, 1.82) is 0 Å². The van der Waals surface area contributed by atoms with Gasteiger partial charge >= 0.3 is 0 Å². The van der Waals surface area contributed by atoms with Crippen LogP contribution in [0.2, 0.25) is 0 Å². The molecule has 0 spiro atoms. The minimum absolute atomic E-state index is 0.0373. The van der Waals surface area contributed by atoms with Gasteiger partial charge in [0, 0.05) is 18.5 Å². The Morgan fingerprint density at radius 3 is 2.50 bits per heavy atom. The number of hydrogen-bond acceptors (Lipinski definition) is 2. The summed E-state index contributed by atoms with van der Waals surface area (Å²) in [5.74, 6) is 1.22. The van der Waals surface area contributed by atoms with E-state index in [0.717, 1.165) is 23.6 Å². The number of rotatable bonds is 8. The highest BCUT2D eigenvalue weighted by molar-refractivity contribution is 5.97. The van der Waals surface area contributed by atoms with Crippen LogP contribution in [-0.2, 0) is 0 Å². The first-order chi connectivity index (χ1) is 11.4. The maximum Gasteiger partial charge on any atom is 0.163 e. The summed E-state index contributed by atoms with van der Waals surface area (Å²) in [6.07, 6.45) is 7.39. The second-order valence-corrected chi connectivity index (χ2v) is 8.44. The van der Waals surface area contributed by atoms with Gasteiger partial charge in [0.25, 0.3) is 0 Å². The second-order valence-electron chi connectivity index (χ2n) is 8.44. The third kappa shape index (κ3) is 5.73. The van der Waals surface area contributed by atoms with E-state index in [9.17, 15) is 4.79 Å². The van der Waals surface area contributed by atoms with E-state index in [1.54, 1.807) is 0 Å². The lowest BCUT2D eigenvalue weighted by molar-refractivity contribution is 0.0845. The molecule has 0 bridgehead atoms. The molecule has 0 aliphatic carbocycles. The van der Waals surface area contributed by atoms with E-state index in [0.29, 0.717) is 6.42 Å². The molecule has 0 amide bonds. The SMILES string of the molecule is CCCCC1CCN(CC(C)(C)CC(=O)c2ccccc2C)CC1. The monoisotopic (exact) mass is 329 g/mol. The summed E-state index contributed by atoms with van der Waals surface area (Å²) >= 11 is 0. The van der Waals surface area contributed by atoms with Crippen LogP contribution >= 0.6 is 0 Å². The number of nitrogens with zero attached hydrogens (tertiary/aromatic N) is 1. The highest BCUT2D eigenvalue weighted by Crippen LogP contribution is 2.29. The number of unbranched alkanes of at least 4 members (excludes halogenated alkanes) is 1. The van der Waals surface area contributed by atoms with E-state index < -0.39 is 0 Å². The predicted molar refractivity (Wildman–Crippen MR) is 103 cm³/mol. The van der Waals surface area contributed by atoms with Gasteiger partial charge in [-0.05, 0) is 49.8 Å². The van der Waals surface area contributed by atoms with Crippen molar-refractivity contribution in [2.24, 2.45) is 11.3 Å². The van der Waals surface area contributed by atoms with E-state index >= 15 is 0 Å². The van der Waals surface area contributed by atoms with Gasteiger partial charge in [-0.3, -0.25) is 4.79 Å². The molecule has 0 N–H and O–H groups in total. The number of hydrogen-bond donors (Lipinski definition) is 0. The van der Waals surface area contributed by atoms with Crippen LogP contribution in [0.4, 0.5) is 0 Å². The number of likely N-dealkylation sites (tertiary alicyclic amines) is 1. The number of carbonyl (C=O) groups is 1. The molecule has 134 valence electrons. The van der Waals surface area contributed by atoms with Crippen LogP contribution in [0.5, 0.6) is 0 Å². The fourth-order valence-electron chi connectivity index (χ4n) is 4.00. The van der Waals surface area contributed by atoms with Gasteiger partial charge in [-0.15, -0.1) is 0 Å². The van der Waals surface area contributed by atoms with Crippen LogP contribution in [-0.4, -0.2) is 30.3 Å². The van der Waals surface area contributed by atoms with Crippen LogP contribution in [0, 0.1) is 18.3 Å². The summed E-state index contributed by atoms with van der Waals surface area (Å²) in [5.41, 5.74) is 2.02. The van der Waals surface area contributed by atoms with Crippen molar-refractivity contribution >= 4 is 5.78 Å². The summed E-state index contributed by atoms with van der Waals surface area (Å²) in [6.45, 7) is 12.2. The molecule has 2 nitrogen and oxygen atoms in total. The second kappa shape index (κ2) is 8.80. The first-order valence-electron chi connectivity index (χ1n) is 9.72. The lowest BCUT2D eigenvalue weighted by atomic mass is 9.83. The smallest absolute Gasteiger partial charge is 0.163 e. The molecule has 0 unspecified atom stereocenters. The van der Waals surface area contributed by atoms with Crippen LogP contribution in [0.25, 0.3) is 0 Å². The number of ketones is 1. The maximum absolute atomic E-state index is 12.7. The van der Waals surface area contributed by atoms with Crippen molar-refractivity contribution in [2.75, 3.05) is 19.6 Å². The van der Waals surface area contributed by atoms with Crippen molar-refractivity contribution in [3.05, 3.63) is 35.4 Å². The summed E-state index contributed by atoms with van der Waals surface area (Å²) in [6, 6.07) is 7.96. The third-order valence-electron chi connectivity index (χ3n) is 5.41. The zero-order valence-corrected chi connectivity index (χ0v) is 16.1. The van der Waals surface area contributed by atoms with Gasteiger partial charge in [-0.25, -0.2) is 0 Å². The molecule has 1 saturated heterocycles. The molecule has 0 saturated carbocycles. The molecule has 0 atom stereocenters. The Morgan fingerprint density at radius 1 is 1.21 bits per heavy atom. The fourth-order valence-corrected chi connectivity index (χ4v) is 4.00. The minimum atomic E-state index is 0.0373. The minimum Gasteiger partial charge on any atom is -0.303 e. The molecular weight excluding hydrogens is 294 g/mol. The van der Waals surface area contributed by atoms with Crippen molar-refractivity contribution in [2.45, 2.75) is 66.2 Å². The average Bonchev–Trinajstić information content (AvgIpc) is 2.53. The average molecular weight is 330 g/mol. The Balaban J connectivity index is 1.83. The van der Waals surface area contributed by atoms with E-state index in [2.05, 4.69) is 25.7 Å². The van der Waals surface area contributed by atoms with Gasteiger partial charge in [0.15, 0.2) is 5.78 Å². The zero-order chi connectivity index (χ0) is 17.6. The quantitative estimate of drug-likeness (QED) is 0.587. The van der Waals surface area contributed by atoms with Crippen molar-refractivity contribution in [1.82, 2.24) is 4.90 Å². The van der Waals surface area contributed by atoms with Crippen LogP contribution in [0.15, 0.2) is 24.3 Å². The molecule has 0 radical (unpaired) electrons. The van der Waals surface area contributed by atoms with Crippen molar-refractivity contribution < 1.29 is 4.79 Å². The number of Topliss-reactive ketones (excluding diaryl/α,β-unsaturated/α-hetero) is 1. The fraction of sp³-hybridized carbons (Fsp3) is 0.682. The first kappa shape index (κ1) is 19.2. The number of benzene rings is 1. The highest BCUT2D eigenvalue weighted by Gasteiger charge is 2.28. The molecule has 0 aromatic heterocycles. The lowest BCUT2D eigenvalue weighted by Gasteiger charge is -2.37. The van der Waals surface area contributed by atoms with Crippen LogP contribution in [0.1, 0.15) is 75.2 Å². The molecule has 24 heavy (non-hydrogen) atoms. The van der Waals surface area contributed by atoms with Crippen LogP contribution in [0.3, 0.4) is 0 Å². The predicted octanol–water partition coefficient (Wildman–Crippen LogP) is 5.50. The summed E-state index contributed by atoms with van der Waals surface area (Å²) in [7, 11) is 0. The lowest BCUT2D eigenvalue weighted by Crippen LogP contribution is -2.40. The van der Waals surface area contributed by atoms with E-state index in [1.807, 2.05) is 31.2 Å². The zero-order valence-electron chi connectivity index (χ0n) is 16.1. The van der Waals surface area contributed by atoms with Gasteiger partial charge in [-0.1, -0.05) is 64.3 Å². The Morgan fingerprint density at radius 2 is 1.88 bits per heavy atom. The Labute approximate surface area is 148 Å². The molecule has 2 rings (SSSR count). The summed E-state index contributed by atoms with van der Waals surface area (Å²) < 4.78 is 0. The molecule has 1 heterocycles. The van der Waals surface area contributed by atoms with Crippen LogP contribution < -0.4 is 0 Å². The highest BCUT2D eigenvalue weighted by atomic mass is 16.1. The molecule has 1 aromatic rings. The third-order valence-corrected chi connectivity index (χ3v) is 5.41. The van der Waals surface area contributed by atoms with E-state index in [-0.39, 0.29) is 11.2 Å².